The second-order valence-electron chi connectivity index (χ2n) is 3.30. The first-order valence-corrected chi connectivity index (χ1v) is 4.26. The van der Waals surface area contributed by atoms with Gasteiger partial charge in [0, 0.05) is 0 Å². The van der Waals surface area contributed by atoms with Gasteiger partial charge < -0.3 is 10.3 Å². The summed E-state index contributed by atoms with van der Waals surface area (Å²) in [6.07, 6.45) is -11.1. The fraction of sp³-hybridized carbons (Fsp3) is 0.714. The third kappa shape index (κ3) is 3.08. The van der Waals surface area contributed by atoms with Gasteiger partial charge in [-0.2, -0.15) is 31.3 Å². The number of halogens is 6. The first kappa shape index (κ1) is 13.7. The molecule has 17 heavy (non-hydrogen) atoms. The predicted octanol–water partition coefficient (Wildman–Crippen LogP) is 2.30. The number of rotatable bonds is 2. The molecule has 1 aromatic rings. The summed E-state index contributed by atoms with van der Waals surface area (Å²) in [5.74, 6) is -5.77. The summed E-state index contributed by atoms with van der Waals surface area (Å²) >= 11 is 0. The maximum Gasteiger partial charge on any atom is 0.409 e. The zero-order valence-corrected chi connectivity index (χ0v) is 8.30. The molecule has 98 valence electrons. The number of aromatic nitrogens is 2. The summed E-state index contributed by atoms with van der Waals surface area (Å²) in [5.41, 5.74) is 5.20. The number of hydrogen-bond acceptors (Lipinski definition) is 4. The maximum atomic E-state index is 12.2. The summed E-state index contributed by atoms with van der Waals surface area (Å²) < 4.78 is 77.4. The lowest BCUT2D eigenvalue weighted by Gasteiger charge is -2.19. The van der Waals surface area contributed by atoms with Gasteiger partial charge in [-0.25, -0.2) is 0 Å². The highest BCUT2D eigenvalue weighted by Gasteiger charge is 2.60. The van der Waals surface area contributed by atoms with E-state index in [1.807, 2.05) is 0 Å². The Hall–Kier alpha value is -1.32. The van der Waals surface area contributed by atoms with Crippen LogP contribution in [0, 0.1) is 0 Å². The van der Waals surface area contributed by atoms with Crippen molar-refractivity contribution in [1.82, 2.24) is 10.1 Å². The molecule has 1 unspecified atom stereocenters. The summed E-state index contributed by atoms with van der Waals surface area (Å²) in [6.45, 7) is 1.30. The molecular weight excluding hydrogens is 256 g/mol. The highest BCUT2D eigenvalue weighted by Crippen LogP contribution is 2.45. The van der Waals surface area contributed by atoms with E-state index >= 15 is 0 Å². The van der Waals surface area contributed by atoms with Gasteiger partial charge in [0.25, 0.3) is 0 Å². The van der Waals surface area contributed by atoms with Crippen LogP contribution >= 0.6 is 0 Å². The van der Waals surface area contributed by atoms with Gasteiger partial charge in [0.2, 0.25) is 11.8 Å². The van der Waals surface area contributed by atoms with Crippen LogP contribution in [-0.4, -0.2) is 22.5 Å². The van der Waals surface area contributed by atoms with Crippen LogP contribution in [0.5, 0.6) is 0 Å². The molecule has 0 radical (unpaired) electrons. The van der Waals surface area contributed by atoms with Crippen LogP contribution in [0.4, 0.5) is 26.3 Å². The fourth-order valence-electron chi connectivity index (χ4n) is 1.02. The van der Waals surface area contributed by atoms with Gasteiger partial charge >= 0.3 is 12.4 Å². The monoisotopic (exact) mass is 263 g/mol. The Kier molecular flexibility index (Phi) is 3.37. The summed E-state index contributed by atoms with van der Waals surface area (Å²) in [4.78, 5) is 3.00. The summed E-state index contributed by atoms with van der Waals surface area (Å²) in [7, 11) is 0. The molecule has 1 heterocycles. The zero-order chi connectivity index (χ0) is 13.4. The van der Waals surface area contributed by atoms with Gasteiger partial charge in [-0.3, -0.25) is 0 Å². The van der Waals surface area contributed by atoms with Crippen molar-refractivity contribution in [3.05, 3.63) is 11.7 Å². The van der Waals surface area contributed by atoms with Gasteiger partial charge in [-0.1, -0.05) is 5.16 Å². The third-order valence-electron chi connectivity index (χ3n) is 1.77. The minimum atomic E-state index is -5.56. The average Bonchev–Trinajstić information content (AvgIpc) is 2.46. The number of alkyl halides is 6. The second kappa shape index (κ2) is 4.17. The minimum absolute atomic E-state index is 0.418. The highest BCUT2D eigenvalue weighted by atomic mass is 19.4. The highest BCUT2D eigenvalue weighted by molar-refractivity contribution is 5.03. The Morgan fingerprint density at radius 2 is 1.59 bits per heavy atom. The summed E-state index contributed by atoms with van der Waals surface area (Å²) in [6, 6.07) is -0.922. The first-order valence-electron chi connectivity index (χ1n) is 4.26. The molecule has 0 aliphatic carbocycles. The molecule has 0 fully saturated rings. The van der Waals surface area contributed by atoms with Gasteiger partial charge in [0.1, 0.15) is 0 Å². The van der Waals surface area contributed by atoms with Crippen LogP contribution in [0.15, 0.2) is 4.52 Å². The van der Waals surface area contributed by atoms with E-state index in [-0.39, 0.29) is 0 Å². The van der Waals surface area contributed by atoms with Crippen LogP contribution in [-0.2, 0) is 0 Å². The van der Waals surface area contributed by atoms with Crippen molar-refractivity contribution in [3.63, 3.8) is 0 Å². The Bertz CT molecular complexity index is 368. The smallest absolute Gasteiger partial charge is 0.338 e. The fourth-order valence-corrected chi connectivity index (χ4v) is 1.02. The molecule has 0 aliphatic heterocycles. The molecule has 0 amide bonds. The van der Waals surface area contributed by atoms with Crippen LogP contribution in [0.2, 0.25) is 0 Å². The van der Waals surface area contributed by atoms with E-state index in [1.165, 1.54) is 6.92 Å². The number of hydrogen-bond donors (Lipinski definition) is 1. The van der Waals surface area contributed by atoms with Crippen molar-refractivity contribution in [2.75, 3.05) is 0 Å². The average molecular weight is 263 g/mol. The van der Waals surface area contributed by atoms with E-state index < -0.39 is 36.0 Å². The van der Waals surface area contributed by atoms with Gasteiger partial charge in [0.15, 0.2) is 5.82 Å². The molecule has 4 nitrogen and oxygen atoms in total. The maximum absolute atomic E-state index is 12.2. The summed E-state index contributed by atoms with van der Waals surface area (Å²) in [5, 5.41) is 2.95. The molecule has 1 atom stereocenters. The van der Waals surface area contributed by atoms with E-state index in [4.69, 9.17) is 5.73 Å². The molecule has 0 spiro atoms. The molecule has 1 aromatic heterocycles. The minimum Gasteiger partial charge on any atom is -0.338 e. The van der Waals surface area contributed by atoms with Crippen LogP contribution in [0.25, 0.3) is 0 Å². The van der Waals surface area contributed by atoms with Crippen LogP contribution in [0.3, 0.4) is 0 Å². The quantitative estimate of drug-likeness (QED) is 0.831. The molecule has 0 aromatic carbocycles. The standard InChI is InChI=1S/C7H7F6N3O/c1-2(14)4-15-5(17-16-4)3(6(8,9)10)7(11,12)13/h2-3H,14H2,1H3. The number of nitrogens with two attached hydrogens (primary N) is 1. The molecule has 0 saturated heterocycles. The largest absolute Gasteiger partial charge is 0.409 e. The number of nitrogens with zero attached hydrogens (tertiary/aromatic N) is 2. The lowest BCUT2D eigenvalue weighted by Crippen LogP contribution is -2.34. The van der Waals surface area contributed by atoms with Crippen molar-refractivity contribution in [3.8, 4) is 0 Å². The van der Waals surface area contributed by atoms with Crippen LogP contribution in [0.1, 0.15) is 30.6 Å². The van der Waals surface area contributed by atoms with Crippen molar-refractivity contribution >= 4 is 0 Å². The Labute approximate surface area is 90.8 Å². The second-order valence-corrected chi connectivity index (χ2v) is 3.30. The first-order chi connectivity index (χ1) is 7.53. The van der Waals surface area contributed by atoms with E-state index in [0.29, 0.717) is 0 Å². The lowest BCUT2D eigenvalue weighted by atomic mass is 10.1. The lowest BCUT2D eigenvalue weighted by molar-refractivity contribution is -0.259. The van der Waals surface area contributed by atoms with Crippen molar-refractivity contribution < 1.29 is 30.9 Å². The van der Waals surface area contributed by atoms with Gasteiger partial charge in [0.05, 0.1) is 6.04 Å². The molecular formula is C7H7F6N3O. The molecule has 0 saturated carbocycles. The molecule has 2 N–H and O–H groups in total. The molecule has 0 aliphatic rings. The predicted molar refractivity (Wildman–Crippen MR) is 41.8 cm³/mol. The Morgan fingerprint density at radius 3 is 1.88 bits per heavy atom. The third-order valence-corrected chi connectivity index (χ3v) is 1.77. The normalized spacial score (nSPS) is 15.4. The van der Waals surface area contributed by atoms with Crippen molar-refractivity contribution in [2.24, 2.45) is 5.73 Å². The van der Waals surface area contributed by atoms with E-state index in [1.54, 1.807) is 0 Å². The molecule has 0 bridgehead atoms. The van der Waals surface area contributed by atoms with E-state index in [0.717, 1.165) is 0 Å². The van der Waals surface area contributed by atoms with Gasteiger partial charge in [-0.05, 0) is 6.92 Å². The van der Waals surface area contributed by atoms with Gasteiger partial charge in [-0.15, -0.1) is 0 Å². The SMILES string of the molecule is CC(N)c1noc(C(C(F)(F)F)C(F)(F)F)n1. The van der Waals surface area contributed by atoms with Crippen LogP contribution < -0.4 is 5.73 Å². The Morgan fingerprint density at radius 1 is 1.12 bits per heavy atom. The van der Waals surface area contributed by atoms with Crippen molar-refractivity contribution in [1.29, 1.82) is 0 Å². The van der Waals surface area contributed by atoms with Crippen molar-refractivity contribution in [2.45, 2.75) is 31.2 Å². The van der Waals surface area contributed by atoms with E-state index in [2.05, 4.69) is 14.7 Å². The van der Waals surface area contributed by atoms with E-state index in [9.17, 15) is 26.3 Å². The molecule has 1 rings (SSSR count). The topological polar surface area (TPSA) is 64.9 Å². The molecule has 10 heteroatoms. The zero-order valence-electron chi connectivity index (χ0n) is 8.30. The Balaban J connectivity index is 3.15.